The lowest BCUT2D eigenvalue weighted by Crippen LogP contribution is -2.22. The molecule has 2 unspecified atom stereocenters. The first-order valence-corrected chi connectivity index (χ1v) is 6.61. The minimum atomic E-state index is -0.375. The van der Waals surface area contributed by atoms with Crippen LogP contribution in [0.2, 0.25) is 0 Å². The average Bonchev–Trinajstić information content (AvgIpc) is 2.68. The third-order valence-electron chi connectivity index (χ3n) is 4.08. The molecule has 0 saturated carbocycles. The Hall–Kier alpha value is -2.33. The van der Waals surface area contributed by atoms with Gasteiger partial charge in [0.15, 0.2) is 0 Å². The van der Waals surface area contributed by atoms with E-state index >= 15 is 0 Å². The number of ether oxygens (including phenoxy) is 1. The number of amides is 1. The Labute approximate surface area is 116 Å². The highest BCUT2D eigenvalue weighted by Crippen LogP contribution is 2.49. The zero-order valence-corrected chi connectivity index (χ0v) is 10.7. The van der Waals surface area contributed by atoms with Crippen molar-refractivity contribution in [1.82, 2.24) is 5.06 Å². The summed E-state index contributed by atoms with van der Waals surface area (Å²) in [6.07, 6.45) is 0. The molecule has 1 amide bonds. The van der Waals surface area contributed by atoms with E-state index in [1.807, 2.05) is 48.5 Å². The zero-order valence-electron chi connectivity index (χ0n) is 10.7. The van der Waals surface area contributed by atoms with Crippen LogP contribution in [0, 0.1) is 0 Å². The molecule has 2 aromatic carbocycles. The van der Waals surface area contributed by atoms with E-state index < -0.39 is 0 Å². The Morgan fingerprint density at radius 1 is 1.00 bits per heavy atom. The third kappa shape index (κ3) is 1.48. The van der Waals surface area contributed by atoms with E-state index in [-0.39, 0.29) is 17.7 Å². The number of rotatable bonds is 0. The summed E-state index contributed by atoms with van der Waals surface area (Å²) in [5, 5.41) is 10.6. The second-order valence-electron chi connectivity index (χ2n) is 5.18. The van der Waals surface area contributed by atoms with Crippen LogP contribution in [0.15, 0.2) is 48.5 Å². The van der Waals surface area contributed by atoms with Gasteiger partial charge < -0.3 is 4.74 Å². The van der Waals surface area contributed by atoms with E-state index in [1.165, 1.54) is 0 Å². The minimum absolute atomic E-state index is 0.0765. The van der Waals surface area contributed by atoms with Gasteiger partial charge in [-0.3, -0.25) is 10.0 Å². The predicted molar refractivity (Wildman–Crippen MR) is 71.9 cm³/mol. The first kappa shape index (κ1) is 11.5. The van der Waals surface area contributed by atoms with Crippen LogP contribution in [0.4, 0.5) is 0 Å². The number of hydroxylamine groups is 2. The quantitative estimate of drug-likeness (QED) is 0.747. The van der Waals surface area contributed by atoms with Crippen molar-refractivity contribution in [3.05, 3.63) is 59.7 Å². The summed E-state index contributed by atoms with van der Waals surface area (Å²) in [7, 11) is 0. The molecule has 0 aliphatic carbocycles. The van der Waals surface area contributed by atoms with Crippen LogP contribution in [-0.2, 0) is 4.79 Å². The fraction of sp³-hybridized carbons (Fsp3) is 0.188. The first-order valence-electron chi connectivity index (χ1n) is 6.61. The van der Waals surface area contributed by atoms with Crippen LogP contribution in [-0.4, -0.2) is 22.7 Å². The maximum absolute atomic E-state index is 12.3. The second kappa shape index (κ2) is 4.08. The number of fused-ring (bicyclic) bond motifs is 5. The van der Waals surface area contributed by atoms with Crippen molar-refractivity contribution in [2.75, 3.05) is 6.54 Å². The topological polar surface area (TPSA) is 49.8 Å². The molecule has 2 aromatic rings. The van der Waals surface area contributed by atoms with Gasteiger partial charge in [0.05, 0.1) is 12.5 Å². The fourth-order valence-electron chi connectivity index (χ4n) is 3.17. The molecule has 20 heavy (non-hydrogen) atoms. The molecule has 4 nitrogen and oxygen atoms in total. The van der Waals surface area contributed by atoms with Crippen molar-refractivity contribution in [3.8, 4) is 11.5 Å². The lowest BCUT2D eigenvalue weighted by atomic mass is 9.84. The molecule has 100 valence electrons. The largest absolute Gasteiger partial charge is 0.457 e. The highest BCUT2D eigenvalue weighted by atomic mass is 16.5. The molecule has 1 N–H and O–H groups in total. The SMILES string of the molecule is O=C1C2c3ccccc3Oc3ccccc3C2CN1O. The highest BCUT2D eigenvalue weighted by molar-refractivity contribution is 5.88. The summed E-state index contributed by atoms with van der Waals surface area (Å²) >= 11 is 0. The summed E-state index contributed by atoms with van der Waals surface area (Å²) in [4.78, 5) is 12.3. The van der Waals surface area contributed by atoms with Gasteiger partial charge in [-0.25, -0.2) is 5.06 Å². The summed E-state index contributed by atoms with van der Waals surface area (Å²) in [6, 6.07) is 15.2. The Bertz CT molecular complexity index is 698. The van der Waals surface area contributed by atoms with Crippen LogP contribution in [0.1, 0.15) is 23.0 Å². The van der Waals surface area contributed by atoms with Crippen molar-refractivity contribution in [2.24, 2.45) is 0 Å². The van der Waals surface area contributed by atoms with Crippen LogP contribution in [0.25, 0.3) is 0 Å². The predicted octanol–water partition coefficient (Wildman–Crippen LogP) is 2.89. The molecule has 0 aromatic heterocycles. The molecule has 0 radical (unpaired) electrons. The van der Waals surface area contributed by atoms with Gasteiger partial charge in [0.2, 0.25) is 0 Å². The minimum Gasteiger partial charge on any atom is -0.457 e. The van der Waals surface area contributed by atoms with Gasteiger partial charge in [-0.1, -0.05) is 36.4 Å². The van der Waals surface area contributed by atoms with Crippen LogP contribution in [0.5, 0.6) is 11.5 Å². The summed E-state index contributed by atoms with van der Waals surface area (Å²) in [5.74, 6) is 0.738. The highest BCUT2D eigenvalue weighted by Gasteiger charge is 2.45. The molecule has 1 saturated heterocycles. The van der Waals surface area contributed by atoms with Crippen molar-refractivity contribution in [2.45, 2.75) is 11.8 Å². The van der Waals surface area contributed by atoms with E-state index in [0.29, 0.717) is 12.3 Å². The molecule has 0 bridgehead atoms. The smallest absolute Gasteiger partial charge is 0.254 e. The van der Waals surface area contributed by atoms with Crippen molar-refractivity contribution >= 4 is 5.91 Å². The number of benzene rings is 2. The third-order valence-corrected chi connectivity index (χ3v) is 4.08. The molecular weight excluding hydrogens is 254 g/mol. The van der Waals surface area contributed by atoms with Gasteiger partial charge in [-0.2, -0.15) is 0 Å². The number of para-hydroxylation sites is 2. The van der Waals surface area contributed by atoms with Crippen molar-refractivity contribution in [1.29, 1.82) is 0 Å². The van der Waals surface area contributed by atoms with Crippen molar-refractivity contribution < 1.29 is 14.7 Å². The molecule has 2 aliphatic rings. The van der Waals surface area contributed by atoms with Gasteiger partial charge in [-0.15, -0.1) is 0 Å². The van der Waals surface area contributed by atoms with E-state index in [1.54, 1.807) is 0 Å². The lowest BCUT2D eigenvalue weighted by Gasteiger charge is -2.14. The van der Waals surface area contributed by atoms with Crippen LogP contribution in [0.3, 0.4) is 0 Å². The maximum Gasteiger partial charge on any atom is 0.254 e. The monoisotopic (exact) mass is 267 g/mol. The number of carbonyl (C=O) groups excluding carboxylic acids is 1. The molecule has 0 spiro atoms. The van der Waals surface area contributed by atoms with Gasteiger partial charge in [0.1, 0.15) is 11.5 Å². The molecule has 4 rings (SSSR count). The molecule has 2 atom stereocenters. The lowest BCUT2D eigenvalue weighted by molar-refractivity contribution is -0.158. The summed E-state index contributed by atoms with van der Waals surface area (Å²) in [5.41, 5.74) is 1.81. The van der Waals surface area contributed by atoms with Crippen molar-refractivity contribution in [3.63, 3.8) is 0 Å². The molecule has 2 aliphatic heterocycles. The molecule has 1 fully saturated rings. The molecule has 4 heteroatoms. The Balaban J connectivity index is 1.98. The van der Waals surface area contributed by atoms with Gasteiger partial charge in [0.25, 0.3) is 5.91 Å². The second-order valence-corrected chi connectivity index (χ2v) is 5.18. The molecule has 2 heterocycles. The van der Waals surface area contributed by atoms with Gasteiger partial charge >= 0.3 is 0 Å². The maximum atomic E-state index is 12.3. The fourth-order valence-corrected chi connectivity index (χ4v) is 3.17. The number of hydrogen-bond acceptors (Lipinski definition) is 3. The molecular formula is C16H13NO3. The average molecular weight is 267 g/mol. The summed E-state index contributed by atoms with van der Waals surface area (Å²) < 4.78 is 5.97. The summed E-state index contributed by atoms with van der Waals surface area (Å²) in [6.45, 7) is 0.304. The number of hydrogen-bond donors (Lipinski definition) is 1. The van der Waals surface area contributed by atoms with Crippen LogP contribution >= 0.6 is 0 Å². The normalized spacial score (nSPS) is 23.4. The Morgan fingerprint density at radius 3 is 2.35 bits per heavy atom. The van der Waals surface area contributed by atoms with Gasteiger partial charge in [0, 0.05) is 17.0 Å². The number of carbonyl (C=O) groups is 1. The Kier molecular flexibility index (Phi) is 2.35. The van der Waals surface area contributed by atoms with E-state index in [4.69, 9.17) is 4.74 Å². The first-order chi connectivity index (χ1) is 9.75. The standard InChI is InChI=1S/C16H13NO3/c18-16-15-11-6-2-4-8-14(11)20-13-7-3-1-5-10(13)12(15)9-17(16)19/h1-8,12,15,19H,9H2. The van der Waals surface area contributed by atoms with E-state index in [2.05, 4.69) is 0 Å². The Morgan fingerprint density at radius 2 is 1.60 bits per heavy atom. The van der Waals surface area contributed by atoms with Gasteiger partial charge in [-0.05, 0) is 12.1 Å². The van der Waals surface area contributed by atoms with Crippen LogP contribution < -0.4 is 4.74 Å². The zero-order chi connectivity index (χ0) is 13.7. The number of nitrogens with zero attached hydrogens (tertiary/aromatic N) is 1. The van der Waals surface area contributed by atoms with E-state index in [9.17, 15) is 10.0 Å². The van der Waals surface area contributed by atoms with E-state index in [0.717, 1.165) is 21.9 Å².